The molecule has 2 aromatic rings. The predicted molar refractivity (Wildman–Crippen MR) is 108 cm³/mol. The van der Waals surface area contributed by atoms with Crippen LogP contribution in [0.2, 0.25) is 0 Å². The normalized spacial score (nSPS) is 31.0. The summed E-state index contributed by atoms with van der Waals surface area (Å²) in [5.74, 6) is -0.0552. The highest BCUT2D eigenvalue weighted by molar-refractivity contribution is 7.40. The van der Waals surface area contributed by atoms with E-state index in [1.807, 2.05) is 0 Å². The summed E-state index contributed by atoms with van der Waals surface area (Å²) in [5.41, 5.74) is 5.31. The van der Waals surface area contributed by atoms with E-state index in [0.717, 1.165) is 0 Å². The second kappa shape index (κ2) is 13.4. The van der Waals surface area contributed by atoms with Gasteiger partial charge in [0.2, 0.25) is 5.95 Å². The van der Waals surface area contributed by atoms with Gasteiger partial charge in [0.05, 0.1) is 18.5 Å². The molecule has 21 nitrogen and oxygen atoms in total. The van der Waals surface area contributed by atoms with E-state index in [1.165, 1.54) is 10.9 Å². The summed E-state index contributed by atoms with van der Waals surface area (Å²) < 4.78 is 28.6. The van der Waals surface area contributed by atoms with Crippen LogP contribution in [0.15, 0.2) is 11.1 Å². The molecule has 0 spiro atoms. The Balaban J connectivity index is 0.000000315. The number of anilines is 1. The molecular weight excluding hydrogens is 568 g/mol. The first-order chi connectivity index (χ1) is 17.1. The molecule has 2 aliphatic heterocycles. The Labute approximate surface area is 211 Å². The Kier molecular flexibility index (Phi) is 12.1. The topological polar surface area (TPSA) is 382 Å². The second-order valence-corrected chi connectivity index (χ2v) is 9.38. The van der Waals surface area contributed by atoms with Crippen molar-refractivity contribution in [2.75, 3.05) is 5.73 Å². The van der Waals surface area contributed by atoms with E-state index in [0.29, 0.717) is 0 Å². The molecule has 4 heterocycles. The molecule has 8 unspecified atom stereocenters. The molecule has 2 saturated heterocycles. The largest absolute Gasteiger partial charge is 0.822 e. The van der Waals surface area contributed by atoms with Gasteiger partial charge in [0, 0.05) is 0 Å². The number of aliphatic hydroxyl groups excluding tert-OH is 5. The number of ether oxygens (including phenoxy) is 2. The Bertz CT molecular complexity index is 1150. The number of phosphoric acid groups is 2. The summed E-state index contributed by atoms with van der Waals surface area (Å²) >= 11 is 0. The SMILES string of the molecule is CC1OC(O)C(O)C1O.CC1OC(n2cnc3c(=O)[nH]c(N)nc32)C(O)C1O.O=P([O-])([O-])[O-].O=P([O-])([O-])[O-]. The molecule has 0 saturated carbocycles. The molecule has 0 aliphatic carbocycles. The molecule has 2 fully saturated rings. The van der Waals surface area contributed by atoms with Gasteiger partial charge in [-0.1, -0.05) is 0 Å². The van der Waals surface area contributed by atoms with Crippen LogP contribution in [-0.2, 0) is 18.6 Å². The first-order valence-corrected chi connectivity index (χ1v) is 12.9. The van der Waals surface area contributed by atoms with Gasteiger partial charge in [-0.25, -0.2) is 4.98 Å². The fourth-order valence-electron chi connectivity index (χ4n) is 3.01. The van der Waals surface area contributed by atoms with Crippen LogP contribution in [-0.4, -0.2) is 88.0 Å². The number of imidazole rings is 1. The van der Waals surface area contributed by atoms with Crippen molar-refractivity contribution in [3.8, 4) is 0 Å². The van der Waals surface area contributed by atoms with Crippen molar-refractivity contribution in [3.63, 3.8) is 0 Å². The highest BCUT2D eigenvalue weighted by Gasteiger charge is 2.42. The van der Waals surface area contributed by atoms with Crippen LogP contribution in [0.1, 0.15) is 20.1 Å². The van der Waals surface area contributed by atoms with E-state index in [9.17, 15) is 15.0 Å². The van der Waals surface area contributed by atoms with Gasteiger partial charge in [0.1, 0.15) is 24.4 Å². The maximum atomic E-state index is 11.6. The van der Waals surface area contributed by atoms with Crippen LogP contribution < -0.4 is 40.7 Å². The third-order valence-electron chi connectivity index (χ3n) is 4.68. The Morgan fingerprint density at radius 1 is 0.895 bits per heavy atom. The van der Waals surface area contributed by atoms with Crippen molar-refractivity contribution < 1.29 is 73.5 Å². The molecule has 23 heteroatoms. The molecule has 0 aromatic carbocycles. The fourth-order valence-corrected chi connectivity index (χ4v) is 3.01. The number of hydrogen-bond acceptors (Lipinski definition) is 19. The standard InChI is InChI=1S/C10H13N5O4.C5H10O4.2H3O4P/c1-3-5(16)6(17)9(19-3)15-2-12-4-7(15)13-10(11)14-8(4)18;1-2-3(6)4(7)5(8)9-2;2*1-5(2,3)4/h2-3,5-6,9,16-17H,1H3,(H3,11,13,14,18);2-8H,1H3;2*(H3,1,2,3,4)/p-6. The Morgan fingerprint density at radius 2 is 1.34 bits per heavy atom. The Hall–Kier alpha value is -1.91. The summed E-state index contributed by atoms with van der Waals surface area (Å²) in [4.78, 5) is 73.1. The van der Waals surface area contributed by atoms with E-state index in [1.54, 1.807) is 13.8 Å². The number of nitrogens with one attached hydrogen (secondary N) is 1. The smallest absolute Gasteiger partial charge is 0.280 e. The number of aromatic nitrogens is 4. The zero-order valence-electron chi connectivity index (χ0n) is 19.2. The van der Waals surface area contributed by atoms with Crippen LogP contribution in [0.5, 0.6) is 0 Å². The Morgan fingerprint density at radius 3 is 1.68 bits per heavy atom. The van der Waals surface area contributed by atoms with Crippen molar-refractivity contribution in [1.82, 2.24) is 19.5 Å². The highest BCUT2D eigenvalue weighted by Crippen LogP contribution is 2.30. The molecule has 8 N–H and O–H groups in total. The number of hydrogen-bond donors (Lipinski definition) is 7. The van der Waals surface area contributed by atoms with Crippen molar-refractivity contribution in [3.05, 3.63) is 16.7 Å². The number of aromatic amines is 1. The van der Waals surface area contributed by atoms with Gasteiger partial charge in [0.25, 0.3) is 5.56 Å². The summed E-state index contributed by atoms with van der Waals surface area (Å²) in [7, 11) is -10.8. The van der Waals surface area contributed by atoms with E-state index < -0.39 is 70.3 Å². The highest BCUT2D eigenvalue weighted by atomic mass is 31.2. The van der Waals surface area contributed by atoms with Gasteiger partial charge in [-0.15, -0.1) is 0 Å². The van der Waals surface area contributed by atoms with Gasteiger partial charge in [-0.3, -0.25) is 14.3 Å². The van der Waals surface area contributed by atoms with E-state index in [2.05, 4.69) is 19.7 Å². The molecule has 2 aliphatic rings. The number of fused-ring (bicyclic) bond motifs is 1. The molecular formula is C15H23N5O16P2-6. The van der Waals surface area contributed by atoms with Crippen molar-refractivity contribution >= 4 is 32.8 Å². The lowest BCUT2D eigenvalue weighted by Gasteiger charge is -2.36. The van der Waals surface area contributed by atoms with Crippen LogP contribution in [0.4, 0.5) is 5.95 Å². The van der Waals surface area contributed by atoms with Crippen molar-refractivity contribution in [2.45, 2.75) is 63.0 Å². The second-order valence-electron chi connectivity index (χ2n) is 7.60. The number of rotatable bonds is 1. The maximum absolute atomic E-state index is 11.6. The summed E-state index contributed by atoms with van der Waals surface area (Å²) in [6.07, 6.45) is -6.02. The first kappa shape index (κ1) is 34.1. The zero-order chi connectivity index (χ0) is 29.7. The lowest BCUT2D eigenvalue weighted by atomic mass is 10.1. The van der Waals surface area contributed by atoms with Crippen molar-refractivity contribution in [1.29, 1.82) is 0 Å². The quantitative estimate of drug-likeness (QED) is 0.151. The van der Waals surface area contributed by atoms with Crippen molar-refractivity contribution in [2.24, 2.45) is 0 Å². The van der Waals surface area contributed by atoms with E-state index in [4.69, 9.17) is 64.3 Å². The van der Waals surface area contributed by atoms with E-state index in [-0.39, 0.29) is 17.1 Å². The molecule has 0 radical (unpaired) electrons. The number of nitrogen functional groups attached to an aromatic ring is 1. The van der Waals surface area contributed by atoms with Gasteiger partial charge in [-0.2, -0.15) is 20.6 Å². The summed E-state index contributed by atoms with van der Waals surface area (Å²) in [5, 5.41) is 46.0. The predicted octanol–water partition coefficient (Wildman–Crippen LogP) is -8.86. The molecule has 0 bridgehead atoms. The summed E-state index contributed by atoms with van der Waals surface area (Å²) in [6.45, 7) is 3.23. The number of nitrogens with two attached hydrogens (primary N) is 1. The number of aliphatic hydroxyl groups is 5. The average molecular weight is 591 g/mol. The van der Waals surface area contributed by atoms with Gasteiger partial charge >= 0.3 is 0 Å². The minimum atomic E-state index is -5.39. The molecule has 0 amide bonds. The number of H-pyrrole nitrogens is 1. The lowest BCUT2D eigenvalue weighted by molar-refractivity contribution is -0.434. The zero-order valence-corrected chi connectivity index (χ0v) is 21.0. The van der Waals surface area contributed by atoms with Gasteiger partial charge < -0.3 is 79.2 Å². The number of nitrogens with zero attached hydrogens (tertiary/aromatic N) is 3. The molecule has 8 atom stereocenters. The third kappa shape index (κ3) is 10.7. The minimum absolute atomic E-state index is 0.0552. The van der Waals surface area contributed by atoms with Crippen LogP contribution in [0, 0.1) is 0 Å². The molecule has 2 aromatic heterocycles. The molecule has 220 valence electrons. The fraction of sp³-hybridized carbons (Fsp3) is 0.667. The summed E-state index contributed by atoms with van der Waals surface area (Å²) in [6, 6.07) is 0. The van der Waals surface area contributed by atoms with Gasteiger partial charge in [-0.05, 0) is 13.8 Å². The lowest BCUT2D eigenvalue weighted by Crippen LogP contribution is -2.31. The molecule has 38 heavy (non-hydrogen) atoms. The average Bonchev–Trinajstić information content (AvgIpc) is 3.33. The maximum Gasteiger partial charge on any atom is 0.280 e. The van der Waals surface area contributed by atoms with Crippen LogP contribution in [0.3, 0.4) is 0 Å². The van der Waals surface area contributed by atoms with Crippen LogP contribution >= 0.6 is 15.6 Å². The van der Waals surface area contributed by atoms with Crippen LogP contribution in [0.25, 0.3) is 11.2 Å². The molecule has 4 rings (SSSR count). The van der Waals surface area contributed by atoms with Gasteiger partial charge in [0.15, 0.2) is 23.7 Å². The minimum Gasteiger partial charge on any atom is -0.822 e. The third-order valence-corrected chi connectivity index (χ3v) is 4.68. The first-order valence-electron chi connectivity index (χ1n) is 10.0. The van der Waals surface area contributed by atoms with E-state index >= 15 is 0 Å². The monoisotopic (exact) mass is 591 g/mol.